The minimum atomic E-state index is 0.149. The summed E-state index contributed by atoms with van der Waals surface area (Å²) in [6.07, 6.45) is 11.7. The molecule has 0 spiro atoms. The monoisotopic (exact) mass is 432 g/mol. The van der Waals surface area contributed by atoms with Crippen LogP contribution in [0.3, 0.4) is 0 Å². The van der Waals surface area contributed by atoms with Crippen LogP contribution in [-0.2, 0) is 14.2 Å². The minimum Gasteiger partial charge on any atom is -0.396 e. The van der Waals surface area contributed by atoms with Gasteiger partial charge in [-0.25, -0.2) is 0 Å². The van der Waals surface area contributed by atoms with E-state index >= 15 is 0 Å². The number of aliphatic hydroxyl groups is 1. The Morgan fingerprint density at radius 2 is 1.94 bits per heavy atom. The molecular weight excluding hydrogens is 388 g/mol. The minimum absolute atomic E-state index is 0.149. The van der Waals surface area contributed by atoms with Gasteiger partial charge in [-0.3, -0.25) is 0 Å². The zero-order chi connectivity index (χ0) is 21.8. The summed E-state index contributed by atoms with van der Waals surface area (Å²) in [6.45, 7) is 6.72. The first kappa shape index (κ1) is 22.4. The van der Waals surface area contributed by atoms with Crippen molar-refractivity contribution >= 4 is 0 Å². The van der Waals surface area contributed by atoms with Gasteiger partial charge in [0.25, 0.3) is 0 Å². The zero-order valence-corrected chi connectivity index (χ0v) is 20.1. The molecule has 0 aromatic carbocycles. The molecule has 176 valence electrons. The second-order valence-electron chi connectivity index (χ2n) is 11.8. The van der Waals surface area contributed by atoms with Gasteiger partial charge in [-0.15, -0.1) is 0 Å². The normalized spacial score (nSPS) is 49.1. The van der Waals surface area contributed by atoms with Gasteiger partial charge in [0.1, 0.15) is 0 Å². The Bertz CT molecular complexity index is 674. The lowest BCUT2D eigenvalue weighted by molar-refractivity contribution is -0.215. The molecule has 1 saturated heterocycles. The summed E-state index contributed by atoms with van der Waals surface area (Å²) in [5.41, 5.74) is 1.86. The van der Waals surface area contributed by atoms with Crippen molar-refractivity contribution < 1.29 is 19.3 Å². The third-order valence-electron chi connectivity index (χ3n) is 10.3. The Hall–Kier alpha value is -0.420. The van der Waals surface area contributed by atoms with Crippen molar-refractivity contribution in [2.45, 2.75) is 71.0 Å². The van der Waals surface area contributed by atoms with Crippen LogP contribution < -0.4 is 0 Å². The Balaban J connectivity index is 1.46. The van der Waals surface area contributed by atoms with Crippen LogP contribution in [0.2, 0.25) is 0 Å². The van der Waals surface area contributed by atoms with Crippen LogP contribution in [-0.4, -0.2) is 51.4 Å². The molecule has 0 aromatic rings. The SMILES string of the molecule is CO[C@@H]1C2COC[C@]3(C[C@H]1OC)C1=CCC4C(CO)C(CC(C)C)CCC4C1CCC23. The van der Waals surface area contributed by atoms with E-state index in [0.717, 1.165) is 37.9 Å². The fourth-order valence-electron chi connectivity index (χ4n) is 9.22. The van der Waals surface area contributed by atoms with Crippen molar-refractivity contribution in [2.75, 3.05) is 34.0 Å². The van der Waals surface area contributed by atoms with Crippen molar-refractivity contribution in [1.29, 1.82) is 0 Å². The Labute approximate surface area is 189 Å². The molecule has 2 bridgehead atoms. The molecule has 0 radical (unpaired) electrons. The molecule has 4 heteroatoms. The van der Waals surface area contributed by atoms with Crippen LogP contribution in [0.25, 0.3) is 0 Å². The quantitative estimate of drug-likeness (QED) is 0.640. The molecule has 4 nitrogen and oxygen atoms in total. The molecule has 5 rings (SSSR count). The third-order valence-corrected chi connectivity index (χ3v) is 10.3. The van der Waals surface area contributed by atoms with Gasteiger partial charge < -0.3 is 19.3 Å². The summed E-state index contributed by atoms with van der Waals surface area (Å²) in [5.74, 6) is 5.12. The van der Waals surface area contributed by atoms with E-state index in [1.807, 2.05) is 14.2 Å². The summed E-state index contributed by atoms with van der Waals surface area (Å²) in [6, 6.07) is 0. The van der Waals surface area contributed by atoms with Gasteiger partial charge in [-0.2, -0.15) is 0 Å². The fraction of sp³-hybridized carbons (Fsp3) is 0.926. The number of hydrogen-bond acceptors (Lipinski definition) is 4. The van der Waals surface area contributed by atoms with E-state index < -0.39 is 0 Å². The van der Waals surface area contributed by atoms with Crippen LogP contribution in [0.4, 0.5) is 0 Å². The Morgan fingerprint density at radius 3 is 2.65 bits per heavy atom. The Kier molecular flexibility index (Phi) is 6.31. The molecule has 1 aliphatic heterocycles. The third kappa shape index (κ3) is 3.47. The molecule has 4 aliphatic carbocycles. The van der Waals surface area contributed by atoms with Crippen LogP contribution in [0.1, 0.15) is 58.8 Å². The Morgan fingerprint density at radius 1 is 1.10 bits per heavy atom. The van der Waals surface area contributed by atoms with Gasteiger partial charge in [0, 0.05) is 32.2 Å². The van der Waals surface area contributed by atoms with Gasteiger partial charge in [0.05, 0.1) is 25.4 Å². The molecule has 7 unspecified atom stereocenters. The van der Waals surface area contributed by atoms with E-state index in [-0.39, 0.29) is 17.6 Å². The summed E-state index contributed by atoms with van der Waals surface area (Å²) in [7, 11) is 3.71. The van der Waals surface area contributed by atoms with Gasteiger partial charge >= 0.3 is 0 Å². The number of hydrogen-bond donors (Lipinski definition) is 1. The number of fused-ring (bicyclic) bond motifs is 3. The predicted octanol–water partition coefficient (Wildman–Crippen LogP) is 4.71. The summed E-state index contributed by atoms with van der Waals surface area (Å²) >= 11 is 0. The lowest BCUT2D eigenvalue weighted by Gasteiger charge is -2.63. The fourth-order valence-corrected chi connectivity index (χ4v) is 9.22. The molecular formula is C27H44O4. The molecule has 0 aromatic heterocycles. The van der Waals surface area contributed by atoms with E-state index in [9.17, 15) is 5.11 Å². The number of methoxy groups -OCH3 is 2. The molecule has 1 heterocycles. The van der Waals surface area contributed by atoms with Crippen molar-refractivity contribution in [3.8, 4) is 0 Å². The number of ether oxygens (including phenoxy) is 3. The zero-order valence-electron chi connectivity index (χ0n) is 20.1. The van der Waals surface area contributed by atoms with E-state index in [0.29, 0.717) is 42.1 Å². The molecule has 1 N–H and O–H groups in total. The van der Waals surface area contributed by atoms with Crippen molar-refractivity contribution in [3.05, 3.63) is 11.6 Å². The van der Waals surface area contributed by atoms with E-state index in [2.05, 4.69) is 19.9 Å². The van der Waals surface area contributed by atoms with E-state index in [4.69, 9.17) is 14.2 Å². The highest BCUT2D eigenvalue weighted by Crippen LogP contribution is 2.64. The maximum absolute atomic E-state index is 10.4. The summed E-state index contributed by atoms with van der Waals surface area (Å²) in [5, 5.41) is 10.4. The molecule has 5 aliphatic rings. The van der Waals surface area contributed by atoms with Crippen molar-refractivity contribution in [3.63, 3.8) is 0 Å². The molecule has 0 amide bonds. The van der Waals surface area contributed by atoms with E-state index in [1.54, 1.807) is 5.57 Å². The molecule has 31 heavy (non-hydrogen) atoms. The molecule has 3 saturated carbocycles. The van der Waals surface area contributed by atoms with Crippen LogP contribution in [0.15, 0.2) is 11.6 Å². The van der Waals surface area contributed by atoms with Gasteiger partial charge in [-0.05, 0) is 86.4 Å². The maximum atomic E-state index is 10.4. The number of aliphatic hydroxyl groups excluding tert-OH is 1. The predicted molar refractivity (Wildman–Crippen MR) is 122 cm³/mol. The lowest BCUT2D eigenvalue weighted by Crippen LogP contribution is -2.63. The van der Waals surface area contributed by atoms with Crippen molar-refractivity contribution in [2.24, 2.45) is 52.8 Å². The standard InChI is InChI=1S/C27H44O4/c1-16(2)11-17-5-6-18-19(21(17)13-28)7-9-23-20(18)8-10-24-22-14-31-15-27(23,24)12-25(29-3)26(22)30-4/h9,16-22,24-26,28H,5-8,10-15H2,1-4H3/t17?,18?,19?,20?,21?,22?,24?,25-,26-,27-/m1/s1. The van der Waals surface area contributed by atoms with Gasteiger partial charge in [0.15, 0.2) is 0 Å². The lowest BCUT2D eigenvalue weighted by atomic mass is 9.45. The van der Waals surface area contributed by atoms with Gasteiger partial charge in [-0.1, -0.05) is 25.5 Å². The van der Waals surface area contributed by atoms with Crippen LogP contribution in [0.5, 0.6) is 0 Å². The number of rotatable bonds is 5. The smallest absolute Gasteiger partial charge is 0.0886 e. The largest absolute Gasteiger partial charge is 0.396 e. The first-order valence-corrected chi connectivity index (χ1v) is 13.0. The van der Waals surface area contributed by atoms with Crippen LogP contribution >= 0.6 is 0 Å². The van der Waals surface area contributed by atoms with Crippen LogP contribution in [0, 0.1) is 52.8 Å². The highest BCUT2D eigenvalue weighted by molar-refractivity contribution is 5.30. The molecule has 10 atom stereocenters. The van der Waals surface area contributed by atoms with Crippen molar-refractivity contribution in [1.82, 2.24) is 0 Å². The summed E-state index contributed by atoms with van der Waals surface area (Å²) < 4.78 is 18.3. The maximum Gasteiger partial charge on any atom is 0.0886 e. The molecule has 4 fully saturated rings. The first-order chi connectivity index (χ1) is 15.0. The number of allylic oxidation sites excluding steroid dienone is 1. The highest BCUT2D eigenvalue weighted by Gasteiger charge is 2.62. The summed E-state index contributed by atoms with van der Waals surface area (Å²) in [4.78, 5) is 0. The average Bonchev–Trinajstić information content (AvgIpc) is 2.77. The first-order valence-electron chi connectivity index (χ1n) is 13.0. The van der Waals surface area contributed by atoms with E-state index in [1.165, 1.54) is 32.1 Å². The average molecular weight is 433 g/mol. The second kappa shape index (κ2) is 8.74. The highest BCUT2D eigenvalue weighted by atomic mass is 16.5. The second-order valence-corrected chi connectivity index (χ2v) is 11.8. The van der Waals surface area contributed by atoms with Gasteiger partial charge in [0.2, 0.25) is 0 Å². The topological polar surface area (TPSA) is 47.9 Å².